The summed E-state index contributed by atoms with van der Waals surface area (Å²) in [6, 6.07) is 4.13. The third-order valence-corrected chi connectivity index (χ3v) is 4.67. The van der Waals surface area contributed by atoms with Crippen molar-refractivity contribution >= 4 is 6.03 Å². The molecule has 1 atom stereocenters. The van der Waals surface area contributed by atoms with E-state index in [0.717, 1.165) is 32.1 Å². The van der Waals surface area contributed by atoms with E-state index in [-0.39, 0.29) is 24.4 Å². The monoisotopic (exact) mass is 322 g/mol. The van der Waals surface area contributed by atoms with Crippen molar-refractivity contribution in [1.82, 2.24) is 10.6 Å². The summed E-state index contributed by atoms with van der Waals surface area (Å²) in [4.78, 5) is 12.1. The van der Waals surface area contributed by atoms with Crippen LogP contribution in [0, 0.1) is 5.82 Å². The van der Waals surface area contributed by atoms with Crippen LogP contribution in [-0.4, -0.2) is 29.9 Å². The lowest BCUT2D eigenvalue weighted by molar-refractivity contribution is 0.0500. The molecule has 5 nitrogen and oxygen atoms in total. The topological polar surface area (TPSA) is 70.6 Å². The number of benzene rings is 1. The molecular weight excluding hydrogens is 299 g/mol. The second-order valence-electron chi connectivity index (χ2n) is 6.46. The third kappa shape index (κ3) is 3.75. The fourth-order valence-corrected chi connectivity index (χ4v) is 3.38. The van der Waals surface area contributed by atoms with Gasteiger partial charge in [0, 0.05) is 12.1 Å². The number of carbonyl (C=O) groups is 1. The van der Waals surface area contributed by atoms with Gasteiger partial charge in [-0.3, -0.25) is 0 Å². The van der Waals surface area contributed by atoms with Crippen molar-refractivity contribution in [3.8, 4) is 5.75 Å². The molecule has 0 bridgehead atoms. The third-order valence-electron chi connectivity index (χ3n) is 4.67. The molecule has 1 aromatic carbocycles. The summed E-state index contributed by atoms with van der Waals surface area (Å²) in [5.74, 6) is -0.179. The lowest BCUT2D eigenvalue weighted by Gasteiger charge is -2.24. The van der Waals surface area contributed by atoms with Crippen molar-refractivity contribution < 1.29 is 19.0 Å². The van der Waals surface area contributed by atoms with Crippen molar-refractivity contribution in [1.29, 1.82) is 0 Å². The largest absolute Gasteiger partial charge is 0.490 e. The molecule has 1 unspecified atom stereocenters. The number of rotatable bonds is 3. The molecule has 23 heavy (non-hydrogen) atoms. The van der Waals surface area contributed by atoms with Crippen LogP contribution < -0.4 is 15.4 Å². The van der Waals surface area contributed by atoms with Crippen LogP contribution in [0.4, 0.5) is 9.18 Å². The van der Waals surface area contributed by atoms with E-state index in [1.54, 1.807) is 12.1 Å². The number of aliphatic hydroxyl groups is 1. The molecule has 6 heteroatoms. The fraction of sp³-hybridized carbons (Fsp3) is 0.588. The fourth-order valence-electron chi connectivity index (χ4n) is 3.38. The Labute approximate surface area is 135 Å². The van der Waals surface area contributed by atoms with E-state index in [1.807, 2.05) is 0 Å². The minimum Gasteiger partial charge on any atom is -0.490 e. The zero-order chi connectivity index (χ0) is 16.3. The van der Waals surface area contributed by atoms with Gasteiger partial charge in [0.05, 0.1) is 18.2 Å². The van der Waals surface area contributed by atoms with Crippen LogP contribution in [0.5, 0.6) is 5.75 Å². The van der Waals surface area contributed by atoms with Gasteiger partial charge in [-0.15, -0.1) is 0 Å². The molecule has 0 aromatic heterocycles. The van der Waals surface area contributed by atoms with Gasteiger partial charge in [-0.25, -0.2) is 9.18 Å². The molecule has 0 spiro atoms. The Kier molecular flexibility index (Phi) is 4.71. The van der Waals surface area contributed by atoms with Crippen LogP contribution in [-0.2, 0) is 0 Å². The van der Waals surface area contributed by atoms with Gasteiger partial charge in [0.25, 0.3) is 0 Å². The molecule has 0 saturated heterocycles. The van der Waals surface area contributed by atoms with E-state index >= 15 is 0 Å². The molecule has 3 N–H and O–H groups in total. The summed E-state index contributed by atoms with van der Waals surface area (Å²) in [5, 5.41) is 15.9. The summed E-state index contributed by atoms with van der Waals surface area (Å²) >= 11 is 0. The number of fused-ring (bicyclic) bond motifs is 1. The minimum atomic E-state index is -0.784. The molecule has 1 fully saturated rings. The molecule has 0 radical (unpaired) electrons. The Morgan fingerprint density at radius 3 is 2.91 bits per heavy atom. The van der Waals surface area contributed by atoms with Crippen molar-refractivity contribution in [3.05, 3.63) is 29.6 Å². The van der Waals surface area contributed by atoms with Gasteiger partial charge < -0.3 is 20.5 Å². The summed E-state index contributed by atoms with van der Waals surface area (Å²) in [5.41, 5.74) is -0.120. The normalized spacial score (nSPS) is 22.6. The second-order valence-corrected chi connectivity index (χ2v) is 6.46. The first-order chi connectivity index (χ1) is 11.1. The van der Waals surface area contributed by atoms with E-state index in [0.29, 0.717) is 18.6 Å². The molecule has 3 rings (SSSR count). The van der Waals surface area contributed by atoms with Crippen molar-refractivity contribution in [3.63, 3.8) is 0 Å². The Balaban J connectivity index is 1.63. The summed E-state index contributed by atoms with van der Waals surface area (Å²) < 4.78 is 19.3. The molecule has 1 aliphatic heterocycles. The van der Waals surface area contributed by atoms with Gasteiger partial charge >= 0.3 is 6.03 Å². The van der Waals surface area contributed by atoms with Crippen LogP contribution >= 0.6 is 0 Å². The number of ether oxygens (including phenoxy) is 1. The van der Waals surface area contributed by atoms with Crippen LogP contribution in [0.25, 0.3) is 0 Å². The lowest BCUT2D eigenvalue weighted by atomic mass is 10.0. The highest BCUT2D eigenvalue weighted by molar-refractivity contribution is 5.74. The van der Waals surface area contributed by atoms with Crippen molar-refractivity contribution in [2.75, 3.05) is 13.2 Å². The standard InChI is InChI=1S/C17H23FN2O3/c18-13-6-3-5-12-14(7-4-10-23-15(12)13)20-16(21)19-11-17(22)8-1-2-9-17/h3,5-6,14,22H,1-2,4,7-11H2,(H2,19,20,21). The lowest BCUT2D eigenvalue weighted by Crippen LogP contribution is -2.45. The van der Waals surface area contributed by atoms with Gasteiger partial charge in [0.1, 0.15) is 0 Å². The number of urea groups is 1. The van der Waals surface area contributed by atoms with E-state index in [1.165, 1.54) is 6.07 Å². The highest BCUT2D eigenvalue weighted by atomic mass is 19.1. The number of amides is 2. The minimum absolute atomic E-state index is 0.227. The van der Waals surface area contributed by atoms with Crippen molar-refractivity contribution in [2.45, 2.75) is 50.2 Å². The predicted octanol–water partition coefficient (Wildman–Crippen LogP) is 2.64. The van der Waals surface area contributed by atoms with E-state index in [4.69, 9.17) is 4.74 Å². The second kappa shape index (κ2) is 6.74. The summed E-state index contributed by atoms with van der Waals surface area (Å²) in [6.45, 7) is 0.686. The average molecular weight is 322 g/mol. The van der Waals surface area contributed by atoms with Gasteiger partial charge in [-0.2, -0.15) is 0 Å². The SMILES string of the molecule is O=C(NCC1(O)CCCC1)NC1CCCOc2c(F)cccc21. The number of hydrogen-bond donors (Lipinski definition) is 3. The first-order valence-electron chi connectivity index (χ1n) is 8.25. The number of halogens is 1. The quantitative estimate of drug-likeness (QED) is 0.801. The number of hydrogen-bond acceptors (Lipinski definition) is 3. The zero-order valence-electron chi connectivity index (χ0n) is 13.1. The Morgan fingerprint density at radius 2 is 2.13 bits per heavy atom. The highest BCUT2D eigenvalue weighted by Crippen LogP contribution is 2.33. The van der Waals surface area contributed by atoms with Crippen LogP contribution in [0.1, 0.15) is 50.1 Å². The van der Waals surface area contributed by atoms with E-state index in [9.17, 15) is 14.3 Å². The average Bonchev–Trinajstić information content (AvgIpc) is 2.86. The number of carbonyl (C=O) groups excluding carboxylic acids is 1. The van der Waals surface area contributed by atoms with Gasteiger partial charge in [-0.1, -0.05) is 25.0 Å². The molecule has 126 valence electrons. The van der Waals surface area contributed by atoms with Gasteiger partial charge in [-0.05, 0) is 31.7 Å². The molecule has 1 aromatic rings. The molecular formula is C17H23FN2O3. The van der Waals surface area contributed by atoms with Crippen LogP contribution in [0.2, 0.25) is 0 Å². The molecule has 1 heterocycles. The first kappa shape index (κ1) is 16.1. The summed E-state index contributed by atoms with van der Waals surface area (Å²) in [7, 11) is 0. The van der Waals surface area contributed by atoms with Crippen LogP contribution in [0.3, 0.4) is 0 Å². The Hall–Kier alpha value is -1.82. The van der Waals surface area contributed by atoms with Gasteiger partial charge in [0.2, 0.25) is 0 Å². The molecule has 2 amide bonds. The maximum absolute atomic E-state index is 13.9. The molecule has 2 aliphatic rings. The zero-order valence-corrected chi connectivity index (χ0v) is 13.1. The van der Waals surface area contributed by atoms with Gasteiger partial charge in [0.15, 0.2) is 11.6 Å². The summed E-state index contributed by atoms with van der Waals surface area (Å²) in [6.07, 6.45) is 4.85. The maximum Gasteiger partial charge on any atom is 0.315 e. The first-order valence-corrected chi connectivity index (χ1v) is 8.25. The maximum atomic E-state index is 13.9. The molecule has 1 saturated carbocycles. The Bertz CT molecular complexity index is 573. The predicted molar refractivity (Wildman–Crippen MR) is 83.8 cm³/mol. The highest BCUT2D eigenvalue weighted by Gasteiger charge is 2.31. The van der Waals surface area contributed by atoms with Crippen molar-refractivity contribution in [2.24, 2.45) is 0 Å². The smallest absolute Gasteiger partial charge is 0.315 e. The van der Waals surface area contributed by atoms with E-state index in [2.05, 4.69) is 10.6 Å². The Morgan fingerprint density at radius 1 is 1.35 bits per heavy atom. The molecule has 1 aliphatic carbocycles. The number of nitrogens with one attached hydrogen (secondary N) is 2. The number of para-hydroxylation sites is 1. The van der Waals surface area contributed by atoms with E-state index < -0.39 is 11.4 Å². The van der Waals surface area contributed by atoms with Crippen LogP contribution in [0.15, 0.2) is 18.2 Å².